The number of rotatable bonds is 7. The van der Waals surface area contributed by atoms with Crippen molar-refractivity contribution in [2.24, 2.45) is 0 Å². The molecule has 0 radical (unpaired) electrons. The van der Waals surface area contributed by atoms with Gasteiger partial charge >= 0.3 is 0 Å². The van der Waals surface area contributed by atoms with E-state index in [4.69, 9.17) is 11.6 Å². The number of hydrogen-bond donors (Lipinski definition) is 2. The monoisotopic (exact) mass is 433 g/mol. The van der Waals surface area contributed by atoms with Crippen LogP contribution >= 0.6 is 11.6 Å². The van der Waals surface area contributed by atoms with Crippen LogP contribution < -0.4 is 10.9 Å². The lowest BCUT2D eigenvalue weighted by molar-refractivity contribution is -0.121. The van der Waals surface area contributed by atoms with E-state index in [2.05, 4.69) is 10.3 Å². The smallest absolute Gasteiger partial charge is 0.248 e. The highest BCUT2D eigenvalue weighted by molar-refractivity contribution is 7.89. The molecule has 1 heterocycles. The van der Waals surface area contributed by atoms with E-state index in [1.54, 1.807) is 18.2 Å². The van der Waals surface area contributed by atoms with Crippen LogP contribution in [0.2, 0.25) is 5.02 Å². The second-order valence-electron chi connectivity index (χ2n) is 6.56. The highest BCUT2D eigenvalue weighted by Crippen LogP contribution is 2.19. The van der Waals surface area contributed by atoms with Gasteiger partial charge in [0, 0.05) is 30.2 Å². The van der Waals surface area contributed by atoms with Crippen molar-refractivity contribution in [2.45, 2.75) is 11.3 Å². The summed E-state index contributed by atoms with van der Waals surface area (Å²) in [4.78, 5) is 26.2. The number of carbonyl (C=O) groups excluding carboxylic acids is 1. The lowest BCUT2D eigenvalue weighted by Gasteiger charge is -2.17. The van der Waals surface area contributed by atoms with Gasteiger partial charge in [-0.15, -0.1) is 0 Å². The van der Waals surface area contributed by atoms with Gasteiger partial charge in [0.2, 0.25) is 21.5 Å². The Morgan fingerprint density at radius 2 is 1.83 bits per heavy atom. The molecule has 2 aromatic carbocycles. The summed E-state index contributed by atoms with van der Waals surface area (Å²) in [6, 6.07) is 14.6. The average molecular weight is 434 g/mol. The third kappa shape index (κ3) is 5.23. The summed E-state index contributed by atoms with van der Waals surface area (Å²) in [6.07, 6.45) is 0.613. The van der Waals surface area contributed by atoms with Crippen LogP contribution in [-0.2, 0) is 21.2 Å². The van der Waals surface area contributed by atoms with Crippen molar-refractivity contribution >= 4 is 38.4 Å². The lowest BCUT2D eigenvalue weighted by Crippen LogP contribution is -2.39. The Balaban J connectivity index is 1.61. The predicted octanol–water partition coefficient (Wildman–Crippen LogP) is 2.16. The molecule has 7 nitrogen and oxygen atoms in total. The molecule has 0 atom stereocenters. The van der Waals surface area contributed by atoms with Crippen molar-refractivity contribution < 1.29 is 13.2 Å². The van der Waals surface area contributed by atoms with Gasteiger partial charge in [-0.1, -0.05) is 23.7 Å². The Morgan fingerprint density at radius 3 is 2.55 bits per heavy atom. The molecule has 0 aliphatic rings. The molecule has 9 heteroatoms. The van der Waals surface area contributed by atoms with Crippen molar-refractivity contribution in [3.8, 4) is 0 Å². The molecule has 0 unspecified atom stereocenters. The summed E-state index contributed by atoms with van der Waals surface area (Å²) < 4.78 is 26.5. The highest BCUT2D eigenvalue weighted by Gasteiger charge is 2.23. The Labute approximate surface area is 173 Å². The van der Waals surface area contributed by atoms with Crippen molar-refractivity contribution in [1.29, 1.82) is 0 Å². The van der Waals surface area contributed by atoms with Gasteiger partial charge in [0.1, 0.15) is 0 Å². The number of nitrogens with zero attached hydrogens (tertiary/aromatic N) is 1. The number of hydrogen-bond acceptors (Lipinski definition) is 4. The molecule has 0 saturated carbocycles. The first-order valence-corrected chi connectivity index (χ1v) is 10.7. The van der Waals surface area contributed by atoms with E-state index in [0.29, 0.717) is 28.9 Å². The standard InChI is InChI=1S/C20H20ClN3O4S/c1-24(13-20(26)22-11-10-14-2-5-16(21)6-3-14)29(27,28)17-7-8-18-15(12-17)4-9-19(25)23-18/h2-9,12H,10-11,13H2,1H3,(H,22,26)(H,23,25). The van der Waals surface area contributed by atoms with Crippen molar-refractivity contribution in [1.82, 2.24) is 14.6 Å². The molecular formula is C20H20ClN3O4S. The van der Waals surface area contributed by atoms with E-state index in [0.717, 1.165) is 9.87 Å². The molecule has 0 aliphatic carbocycles. The fourth-order valence-corrected chi connectivity index (χ4v) is 4.10. The molecule has 3 rings (SSSR count). The van der Waals surface area contributed by atoms with E-state index in [1.807, 2.05) is 12.1 Å². The number of carbonyl (C=O) groups is 1. The number of likely N-dealkylation sites (N-methyl/N-ethyl adjacent to an activating group) is 1. The Morgan fingerprint density at radius 1 is 1.10 bits per heavy atom. The molecule has 29 heavy (non-hydrogen) atoms. The second-order valence-corrected chi connectivity index (χ2v) is 9.04. The van der Waals surface area contributed by atoms with Crippen LogP contribution in [0.4, 0.5) is 0 Å². The van der Waals surface area contributed by atoms with Crippen LogP contribution in [0.3, 0.4) is 0 Å². The van der Waals surface area contributed by atoms with Crippen LogP contribution in [0, 0.1) is 0 Å². The normalized spacial score (nSPS) is 11.7. The number of fused-ring (bicyclic) bond motifs is 1. The quantitative estimate of drug-likeness (QED) is 0.596. The molecule has 0 bridgehead atoms. The Bertz CT molecular complexity index is 1190. The molecule has 0 aliphatic heterocycles. The molecule has 1 amide bonds. The van der Waals surface area contributed by atoms with E-state index in [9.17, 15) is 18.0 Å². The van der Waals surface area contributed by atoms with E-state index >= 15 is 0 Å². The molecule has 0 saturated heterocycles. The van der Waals surface area contributed by atoms with Gasteiger partial charge in [0.05, 0.1) is 11.4 Å². The van der Waals surface area contributed by atoms with Gasteiger partial charge in [0.15, 0.2) is 0 Å². The van der Waals surface area contributed by atoms with Gasteiger partial charge in [-0.25, -0.2) is 8.42 Å². The second kappa shape index (κ2) is 8.77. The van der Waals surface area contributed by atoms with Crippen LogP contribution in [0.5, 0.6) is 0 Å². The van der Waals surface area contributed by atoms with Gasteiger partial charge in [0.25, 0.3) is 0 Å². The Kier molecular flexibility index (Phi) is 6.36. The van der Waals surface area contributed by atoms with Crippen LogP contribution in [0.15, 0.2) is 64.3 Å². The van der Waals surface area contributed by atoms with Crippen molar-refractivity contribution in [2.75, 3.05) is 20.1 Å². The molecule has 2 N–H and O–H groups in total. The number of halogens is 1. The minimum Gasteiger partial charge on any atom is -0.355 e. The van der Waals surface area contributed by atoms with Gasteiger partial charge < -0.3 is 10.3 Å². The number of aromatic amines is 1. The first-order valence-electron chi connectivity index (χ1n) is 8.86. The molecule has 3 aromatic rings. The summed E-state index contributed by atoms with van der Waals surface area (Å²) in [6.45, 7) is 0.0876. The third-order valence-electron chi connectivity index (χ3n) is 4.42. The topological polar surface area (TPSA) is 99.3 Å². The number of nitrogens with one attached hydrogen (secondary N) is 2. The van der Waals surface area contributed by atoms with E-state index in [-0.39, 0.29) is 17.0 Å². The largest absolute Gasteiger partial charge is 0.355 e. The van der Waals surface area contributed by atoms with E-state index in [1.165, 1.54) is 31.3 Å². The molecule has 0 fully saturated rings. The average Bonchev–Trinajstić information content (AvgIpc) is 2.69. The fourth-order valence-electron chi connectivity index (χ4n) is 2.81. The lowest BCUT2D eigenvalue weighted by atomic mass is 10.1. The number of aromatic nitrogens is 1. The summed E-state index contributed by atoms with van der Waals surface area (Å²) in [5.74, 6) is -0.393. The van der Waals surface area contributed by atoms with Crippen LogP contribution in [0.25, 0.3) is 10.9 Å². The number of H-pyrrole nitrogens is 1. The maximum absolute atomic E-state index is 12.8. The zero-order valence-corrected chi connectivity index (χ0v) is 17.3. The SMILES string of the molecule is CN(CC(=O)NCCc1ccc(Cl)cc1)S(=O)(=O)c1ccc2[nH]c(=O)ccc2c1. The van der Waals surface area contributed by atoms with Crippen molar-refractivity contribution in [3.63, 3.8) is 0 Å². The van der Waals surface area contributed by atoms with Crippen LogP contribution in [0.1, 0.15) is 5.56 Å². The van der Waals surface area contributed by atoms with E-state index < -0.39 is 15.9 Å². The predicted molar refractivity (Wildman–Crippen MR) is 113 cm³/mol. The summed E-state index contributed by atoms with van der Waals surface area (Å²) in [5.41, 5.74) is 1.30. The molecular weight excluding hydrogens is 414 g/mol. The zero-order chi connectivity index (χ0) is 21.0. The number of sulfonamides is 1. The van der Waals surface area contributed by atoms with Crippen LogP contribution in [-0.4, -0.2) is 43.8 Å². The summed E-state index contributed by atoms with van der Waals surface area (Å²) in [7, 11) is -2.50. The molecule has 1 aromatic heterocycles. The number of benzene rings is 2. The van der Waals surface area contributed by atoms with Gasteiger partial charge in [-0.05, 0) is 53.8 Å². The molecule has 0 spiro atoms. The summed E-state index contributed by atoms with van der Waals surface area (Å²) >= 11 is 5.84. The number of amides is 1. The first kappa shape index (κ1) is 21.0. The minimum absolute atomic E-state index is 0.0495. The minimum atomic E-state index is -3.85. The third-order valence-corrected chi connectivity index (χ3v) is 6.47. The number of pyridine rings is 1. The fraction of sp³-hybridized carbons (Fsp3) is 0.200. The zero-order valence-electron chi connectivity index (χ0n) is 15.7. The summed E-state index contributed by atoms with van der Waals surface area (Å²) in [5, 5.41) is 3.95. The highest BCUT2D eigenvalue weighted by atomic mass is 35.5. The molecule has 152 valence electrons. The maximum Gasteiger partial charge on any atom is 0.248 e. The van der Waals surface area contributed by atoms with Gasteiger partial charge in [-0.3, -0.25) is 9.59 Å². The maximum atomic E-state index is 12.8. The Hall–Kier alpha value is -2.68. The van der Waals surface area contributed by atoms with Gasteiger partial charge in [-0.2, -0.15) is 4.31 Å². The first-order chi connectivity index (χ1) is 13.8. The van der Waals surface area contributed by atoms with Crippen molar-refractivity contribution in [3.05, 3.63) is 75.5 Å².